The van der Waals surface area contributed by atoms with Crippen molar-refractivity contribution in [2.24, 2.45) is 5.92 Å². The van der Waals surface area contributed by atoms with E-state index in [4.69, 9.17) is 9.47 Å². The second-order valence-electron chi connectivity index (χ2n) is 8.55. The molecule has 1 saturated heterocycles. The first kappa shape index (κ1) is 23.0. The van der Waals surface area contributed by atoms with Crippen molar-refractivity contribution in [1.29, 1.82) is 0 Å². The first-order chi connectivity index (χ1) is 14.4. The second-order valence-corrected chi connectivity index (χ2v) is 10.3. The lowest BCUT2D eigenvalue weighted by molar-refractivity contribution is -0.130. The van der Waals surface area contributed by atoms with E-state index in [9.17, 15) is 13.2 Å². The zero-order valence-electron chi connectivity index (χ0n) is 18.0. The molecule has 1 N–H and O–H groups in total. The van der Waals surface area contributed by atoms with Crippen LogP contribution in [0.4, 0.5) is 0 Å². The molecule has 1 saturated carbocycles. The summed E-state index contributed by atoms with van der Waals surface area (Å²) >= 11 is 0. The number of ether oxygens (including phenoxy) is 2. The highest BCUT2D eigenvalue weighted by Crippen LogP contribution is 2.24. The summed E-state index contributed by atoms with van der Waals surface area (Å²) in [5.74, 6) is 0.365. The first-order valence-corrected chi connectivity index (χ1v) is 12.5. The zero-order valence-corrected chi connectivity index (χ0v) is 18.8. The Bertz CT molecular complexity index is 800. The monoisotopic (exact) mass is 438 g/mol. The van der Waals surface area contributed by atoms with E-state index in [2.05, 4.69) is 11.6 Å². The van der Waals surface area contributed by atoms with Crippen LogP contribution in [0.5, 0.6) is 5.75 Å². The van der Waals surface area contributed by atoms with Crippen molar-refractivity contribution in [3.8, 4) is 5.75 Å². The molecule has 0 spiro atoms. The van der Waals surface area contributed by atoms with Crippen molar-refractivity contribution in [3.63, 3.8) is 0 Å². The third-order valence-electron chi connectivity index (χ3n) is 6.03. The molecule has 1 aromatic carbocycles. The van der Waals surface area contributed by atoms with E-state index in [0.29, 0.717) is 31.4 Å². The van der Waals surface area contributed by atoms with Gasteiger partial charge in [-0.3, -0.25) is 4.79 Å². The molecule has 8 heteroatoms. The Morgan fingerprint density at radius 1 is 1.20 bits per heavy atom. The summed E-state index contributed by atoms with van der Waals surface area (Å²) in [4.78, 5) is 14.6. The number of nitrogens with zero attached hydrogens (tertiary/aromatic N) is 1. The summed E-state index contributed by atoms with van der Waals surface area (Å²) in [7, 11) is -2.11. The molecular formula is C22H34N2O5S. The summed E-state index contributed by atoms with van der Waals surface area (Å²) in [5.41, 5.74) is 0.845. The zero-order chi connectivity index (χ0) is 21.6. The van der Waals surface area contributed by atoms with E-state index < -0.39 is 21.7 Å². The molecular weight excluding hydrogens is 404 g/mol. The van der Waals surface area contributed by atoms with Crippen LogP contribution < -0.4 is 9.46 Å². The van der Waals surface area contributed by atoms with Gasteiger partial charge >= 0.3 is 0 Å². The van der Waals surface area contributed by atoms with Gasteiger partial charge in [0.05, 0.1) is 13.2 Å². The molecule has 7 nitrogen and oxygen atoms in total. The fraction of sp³-hybridized carbons (Fsp3) is 0.682. The van der Waals surface area contributed by atoms with Crippen LogP contribution in [-0.4, -0.2) is 57.4 Å². The number of carbonyl (C=O) groups is 1. The smallest absolute Gasteiger partial charge is 0.239 e. The van der Waals surface area contributed by atoms with Crippen LogP contribution in [0.2, 0.25) is 0 Å². The number of rotatable bonds is 9. The van der Waals surface area contributed by atoms with Gasteiger partial charge in [-0.15, -0.1) is 0 Å². The number of amides is 1. The highest BCUT2D eigenvalue weighted by atomic mass is 32.2. The Morgan fingerprint density at radius 2 is 1.93 bits per heavy atom. The van der Waals surface area contributed by atoms with E-state index >= 15 is 0 Å². The average molecular weight is 439 g/mol. The lowest BCUT2D eigenvalue weighted by Crippen LogP contribution is -2.45. The molecule has 30 heavy (non-hydrogen) atoms. The molecule has 1 atom stereocenters. The molecule has 1 aromatic rings. The largest absolute Gasteiger partial charge is 0.496 e. The number of nitrogens with one attached hydrogen (secondary N) is 1. The molecule has 168 valence electrons. The minimum atomic E-state index is -3.70. The molecule has 0 radical (unpaired) electrons. The second kappa shape index (κ2) is 10.6. The molecule has 1 amide bonds. The Kier molecular flexibility index (Phi) is 8.13. The number of methoxy groups -OCH3 is 1. The summed E-state index contributed by atoms with van der Waals surface area (Å²) in [6.07, 6.45) is 5.46. The number of hydrogen-bond acceptors (Lipinski definition) is 5. The quantitative estimate of drug-likeness (QED) is 0.641. The molecule has 2 fully saturated rings. The van der Waals surface area contributed by atoms with Crippen LogP contribution in [0, 0.1) is 5.92 Å². The Labute approximate surface area is 180 Å². The van der Waals surface area contributed by atoms with Gasteiger partial charge in [-0.1, -0.05) is 25.1 Å². The highest BCUT2D eigenvalue weighted by molar-refractivity contribution is 7.90. The van der Waals surface area contributed by atoms with Gasteiger partial charge in [0, 0.05) is 31.3 Å². The van der Waals surface area contributed by atoms with E-state index in [1.165, 1.54) is 0 Å². The lowest BCUT2D eigenvalue weighted by Gasteiger charge is -2.28. The van der Waals surface area contributed by atoms with Crippen molar-refractivity contribution in [2.45, 2.75) is 64.1 Å². The van der Waals surface area contributed by atoms with Crippen LogP contribution in [0.3, 0.4) is 0 Å². The lowest BCUT2D eigenvalue weighted by atomic mass is 9.88. The fourth-order valence-electron chi connectivity index (χ4n) is 4.26. The summed E-state index contributed by atoms with van der Waals surface area (Å²) in [6, 6.07) is 7.42. The highest BCUT2D eigenvalue weighted by Gasteiger charge is 2.29. The molecule has 2 aliphatic rings. The third kappa shape index (κ3) is 6.68. The third-order valence-corrected chi connectivity index (χ3v) is 7.35. The number of sulfonamides is 1. The SMILES string of the molecule is COc1ccccc1CN(CC1CCCO1)C(=O)CS(=O)(=O)NC1CCC(C)CC1. The molecule has 0 aromatic heterocycles. The summed E-state index contributed by atoms with van der Waals surface area (Å²) in [5, 5.41) is 0. The van der Waals surface area contributed by atoms with Crippen LogP contribution >= 0.6 is 0 Å². The van der Waals surface area contributed by atoms with Crippen molar-refractivity contribution < 1.29 is 22.7 Å². The number of hydrogen-bond donors (Lipinski definition) is 1. The first-order valence-electron chi connectivity index (χ1n) is 10.9. The van der Waals surface area contributed by atoms with Crippen molar-refractivity contribution in [2.75, 3.05) is 26.0 Å². The average Bonchev–Trinajstić information content (AvgIpc) is 3.22. The Morgan fingerprint density at radius 3 is 2.60 bits per heavy atom. The maximum absolute atomic E-state index is 13.1. The standard InChI is InChI=1S/C22H34N2O5S/c1-17-9-11-19(12-10-17)23-30(26,27)16-22(25)24(15-20-7-5-13-29-20)14-18-6-3-4-8-21(18)28-2/h3-4,6,8,17,19-20,23H,5,7,9-16H2,1-2H3. The van der Waals surface area contributed by atoms with Gasteiger partial charge in [0.1, 0.15) is 11.5 Å². The maximum Gasteiger partial charge on any atom is 0.239 e. The summed E-state index contributed by atoms with van der Waals surface area (Å²) in [6.45, 7) is 3.54. The summed E-state index contributed by atoms with van der Waals surface area (Å²) < 4.78 is 39.2. The Balaban J connectivity index is 1.67. The molecule has 1 aliphatic heterocycles. The van der Waals surface area contributed by atoms with Crippen LogP contribution in [-0.2, 0) is 26.1 Å². The van der Waals surface area contributed by atoms with Gasteiger partial charge in [0.2, 0.25) is 15.9 Å². The van der Waals surface area contributed by atoms with Crippen LogP contribution in [0.15, 0.2) is 24.3 Å². The van der Waals surface area contributed by atoms with Gasteiger partial charge in [0.15, 0.2) is 0 Å². The number of para-hydroxylation sites is 1. The van der Waals surface area contributed by atoms with Crippen LogP contribution in [0.1, 0.15) is 51.0 Å². The van der Waals surface area contributed by atoms with Crippen LogP contribution in [0.25, 0.3) is 0 Å². The molecule has 1 aliphatic carbocycles. The molecule has 3 rings (SSSR count). The van der Waals surface area contributed by atoms with Gasteiger partial charge < -0.3 is 14.4 Å². The predicted octanol–water partition coefficient (Wildman–Crippen LogP) is 2.70. The topological polar surface area (TPSA) is 84.9 Å². The number of carbonyl (C=O) groups excluding carboxylic acids is 1. The fourth-order valence-corrected chi connectivity index (χ4v) is 5.59. The van der Waals surface area contributed by atoms with E-state index in [1.807, 2.05) is 24.3 Å². The van der Waals surface area contributed by atoms with Gasteiger partial charge in [-0.05, 0) is 50.5 Å². The number of benzene rings is 1. The van der Waals surface area contributed by atoms with Gasteiger partial charge in [0.25, 0.3) is 0 Å². The minimum absolute atomic E-state index is 0.0563. The molecule has 1 unspecified atom stereocenters. The van der Waals surface area contributed by atoms with Crippen molar-refractivity contribution in [1.82, 2.24) is 9.62 Å². The predicted molar refractivity (Wildman–Crippen MR) is 116 cm³/mol. The van der Waals surface area contributed by atoms with Crippen molar-refractivity contribution in [3.05, 3.63) is 29.8 Å². The van der Waals surface area contributed by atoms with Gasteiger partial charge in [-0.2, -0.15) is 0 Å². The molecule has 1 heterocycles. The minimum Gasteiger partial charge on any atom is -0.496 e. The van der Waals surface area contributed by atoms with E-state index in [1.54, 1.807) is 12.0 Å². The van der Waals surface area contributed by atoms with E-state index in [-0.39, 0.29) is 12.1 Å². The van der Waals surface area contributed by atoms with Crippen molar-refractivity contribution >= 4 is 15.9 Å². The van der Waals surface area contributed by atoms with E-state index in [0.717, 1.165) is 44.1 Å². The normalized spacial score (nSPS) is 24.5. The maximum atomic E-state index is 13.1. The molecule has 0 bridgehead atoms. The van der Waals surface area contributed by atoms with Gasteiger partial charge in [-0.25, -0.2) is 13.1 Å². The Hall–Kier alpha value is -1.64.